The molecule has 0 saturated carbocycles. The lowest BCUT2D eigenvalue weighted by atomic mass is 9.78. The Kier molecular flexibility index (Phi) is 5.98. The smallest absolute Gasteiger partial charge is 0.0958 e. The first-order valence-corrected chi connectivity index (χ1v) is 13.2. The summed E-state index contributed by atoms with van der Waals surface area (Å²) in [6.45, 7) is 4.40. The van der Waals surface area contributed by atoms with E-state index < -0.39 is 0 Å². The van der Waals surface area contributed by atoms with Crippen molar-refractivity contribution in [3.63, 3.8) is 0 Å². The minimum absolute atomic E-state index is 0.0296. The van der Waals surface area contributed by atoms with E-state index in [1.54, 1.807) is 22.3 Å². The predicted molar refractivity (Wildman–Crippen MR) is 136 cm³/mol. The minimum atomic E-state index is -0.0296. The van der Waals surface area contributed by atoms with Crippen molar-refractivity contribution in [3.05, 3.63) is 94.1 Å². The normalized spacial score (nSPS) is 26.2. The van der Waals surface area contributed by atoms with Gasteiger partial charge in [0.2, 0.25) is 0 Å². The molecule has 33 heavy (non-hydrogen) atoms. The highest BCUT2D eigenvalue weighted by atomic mass is 16.5. The molecule has 1 atom stereocenters. The van der Waals surface area contributed by atoms with Crippen molar-refractivity contribution in [2.24, 2.45) is 5.92 Å². The van der Waals surface area contributed by atoms with Crippen LogP contribution in [0, 0.1) is 5.92 Å². The molecule has 1 aromatic carbocycles. The number of rotatable bonds is 4. The van der Waals surface area contributed by atoms with E-state index in [9.17, 15) is 0 Å². The van der Waals surface area contributed by atoms with Crippen molar-refractivity contribution >= 4 is 0 Å². The quantitative estimate of drug-likeness (QED) is 0.511. The van der Waals surface area contributed by atoms with Gasteiger partial charge in [0.1, 0.15) is 0 Å². The molecular weight excluding hydrogens is 402 g/mol. The third-order valence-electron chi connectivity index (χ3n) is 8.67. The second-order valence-corrected chi connectivity index (χ2v) is 10.5. The fourth-order valence-electron chi connectivity index (χ4n) is 6.86. The number of fused-ring (bicyclic) bond motifs is 3. The molecule has 1 aromatic rings. The van der Waals surface area contributed by atoms with Crippen molar-refractivity contribution in [2.45, 2.75) is 63.4 Å². The second kappa shape index (κ2) is 9.24. The Bertz CT molecular complexity index is 1040. The lowest BCUT2D eigenvalue weighted by Crippen LogP contribution is -2.46. The maximum atomic E-state index is 6.45. The third kappa shape index (κ3) is 4.13. The van der Waals surface area contributed by atoms with Gasteiger partial charge in [0.25, 0.3) is 0 Å². The topological polar surface area (TPSA) is 12.5 Å². The first-order chi connectivity index (χ1) is 16.3. The number of nitrogens with zero attached hydrogens (tertiary/aromatic N) is 1. The standard InChI is InChI=1S/C31H37NO/c1-4-11-27-24(8-1)15-16-25-9-2-5-12-28(25)29(27)13-7-20-32-21-18-31(19-22-32)30-14-6-3-10-26(30)17-23-33-31/h1,3-6,10-12,14-15,29H,2,7-9,13,16-23H2. The van der Waals surface area contributed by atoms with Crippen LogP contribution in [0.1, 0.15) is 62.5 Å². The van der Waals surface area contributed by atoms with Crippen LogP contribution in [-0.4, -0.2) is 31.1 Å². The van der Waals surface area contributed by atoms with Gasteiger partial charge >= 0.3 is 0 Å². The molecule has 6 rings (SSSR count). The van der Waals surface area contributed by atoms with Gasteiger partial charge in [-0.3, -0.25) is 0 Å². The average Bonchev–Trinajstić information content (AvgIpc) is 3.03. The molecule has 1 unspecified atom stereocenters. The highest BCUT2D eigenvalue weighted by Crippen LogP contribution is 2.43. The molecule has 0 radical (unpaired) electrons. The highest BCUT2D eigenvalue weighted by molar-refractivity contribution is 5.51. The molecule has 2 aliphatic heterocycles. The number of hydrogen-bond acceptors (Lipinski definition) is 2. The summed E-state index contributed by atoms with van der Waals surface area (Å²) < 4.78 is 6.45. The molecule has 1 spiro atoms. The highest BCUT2D eigenvalue weighted by Gasteiger charge is 2.40. The monoisotopic (exact) mass is 439 g/mol. The van der Waals surface area contributed by atoms with Crippen molar-refractivity contribution in [1.29, 1.82) is 0 Å². The lowest BCUT2D eigenvalue weighted by Gasteiger charge is -2.45. The molecule has 0 amide bonds. The minimum Gasteiger partial charge on any atom is -0.370 e. The Morgan fingerprint density at radius 3 is 2.88 bits per heavy atom. The summed E-state index contributed by atoms with van der Waals surface area (Å²) in [7, 11) is 0. The molecule has 0 aromatic heterocycles. The Labute approximate surface area is 199 Å². The van der Waals surface area contributed by atoms with Crippen molar-refractivity contribution in [1.82, 2.24) is 4.90 Å². The number of ether oxygens (including phenoxy) is 1. The summed E-state index contributed by atoms with van der Waals surface area (Å²) in [5, 5.41) is 0. The summed E-state index contributed by atoms with van der Waals surface area (Å²) in [6, 6.07) is 8.99. The molecule has 5 aliphatic rings. The third-order valence-corrected chi connectivity index (χ3v) is 8.67. The van der Waals surface area contributed by atoms with Gasteiger partial charge in [-0.1, -0.05) is 66.3 Å². The van der Waals surface area contributed by atoms with Gasteiger partial charge in [-0.15, -0.1) is 0 Å². The van der Waals surface area contributed by atoms with Crippen LogP contribution in [0.25, 0.3) is 0 Å². The van der Waals surface area contributed by atoms with E-state index in [1.807, 2.05) is 0 Å². The first-order valence-electron chi connectivity index (χ1n) is 13.2. The Hall–Kier alpha value is -2.16. The molecular formula is C31H37NO. The fourth-order valence-corrected chi connectivity index (χ4v) is 6.86. The summed E-state index contributed by atoms with van der Waals surface area (Å²) in [4.78, 5) is 2.69. The fraction of sp³-hybridized carbons (Fsp3) is 0.484. The van der Waals surface area contributed by atoms with Gasteiger partial charge in [0, 0.05) is 19.0 Å². The predicted octanol–water partition coefficient (Wildman–Crippen LogP) is 6.81. The molecule has 0 N–H and O–H groups in total. The zero-order valence-electron chi connectivity index (χ0n) is 19.9. The largest absolute Gasteiger partial charge is 0.370 e. The summed E-state index contributed by atoms with van der Waals surface area (Å²) in [5.74, 6) is 0.583. The molecule has 2 heterocycles. The van der Waals surface area contributed by atoms with Crippen LogP contribution in [0.2, 0.25) is 0 Å². The van der Waals surface area contributed by atoms with Crippen LogP contribution in [0.5, 0.6) is 0 Å². The van der Waals surface area contributed by atoms with Gasteiger partial charge < -0.3 is 9.64 Å². The first kappa shape index (κ1) is 21.4. The van der Waals surface area contributed by atoms with Crippen LogP contribution in [0.15, 0.2) is 83.0 Å². The van der Waals surface area contributed by atoms with Gasteiger partial charge in [0.15, 0.2) is 0 Å². The molecule has 1 fully saturated rings. The van der Waals surface area contributed by atoms with Gasteiger partial charge in [0.05, 0.1) is 12.2 Å². The van der Waals surface area contributed by atoms with E-state index in [0.29, 0.717) is 5.92 Å². The molecule has 2 heteroatoms. The van der Waals surface area contributed by atoms with Gasteiger partial charge in [-0.25, -0.2) is 0 Å². The summed E-state index contributed by atoms with van der Waals surface area (Å²) >= 11 is 0. The van der Waals surface area contributed by atoms with Crippen molar-refractivity contribution in [3.8, 4) is 0 Å². The second-order valence-electron chi connectivity index (χ2n) is 10.5. The lowest BCUT2D eigenvalue weighted by molar-refractivity contribution is -0.0979. The Morgan fingerprint density at radius 2 is 1.94 bits per heavy atom. The molecule has 2 nitrogen and oxygen atoms in total. The van der Waals surface area contributed by atoms with Gasteiger partial charge in [-0.2, -0.15) is 0 Å². The zero-order valence-corrected chi connectivity index (χ0v) is 19.9. The van der Waals surface area contributed by atoms with E-state index in [0.717, 1.165) is 51.8 Å². The van der Waals surface area contributed by atoms with Crippen LogP contribution < -0.4 is 0 Å². The maximum absolute atomic E-state index is 6.45. The van der Waals surface area contributed by atoms with E-state index in [2.05, 4.69) is 65.6 Å². The Balaban J connectivity index is 1.11. The van der Waals surface area contributed by atoms with Crippen LogP contribution >= 0.6 is 0 Å². The molecule has 1 saturated heterocycles. The number of likely N-dealkylation sites (tertiary alicyclic amines) is 1. The number of benzene rings is 1. The van der Waals surface area contributed by atoms with E-state index in [-0.39, 0.29) is 5.60 Å². The van der Waals surface area contributed by atoms with Crippen LogP contribution in [0.3, 0.4) is 0 Å². The molecule has 172 valence electrons. The number of allylic oxidation sites excluding steroid dienone is 10. The summed E-state index contributed by atoms with van der Waals surface area (Å²) in [5.41, 5.74) is 9.45. The average molecular weight is 440 g/mol. The molecule has 0 bridgehead atoms. The van der Waals surface area contributed by atoms with Crippen LogP contribution in [0.4, 0.5) is 0 Å². The Morgan fingerprint density at radius 1 is 1.03 bits per heavy atom. The maximum Gasteiger partial charge on any atom is 0.0958 e. The van der Waals surface area contributed by atoms with E-state index >= 15 is 0 Å². The van der Waals surface area contributed by atoms with Gasteiger partial charge in [-0.05, 0) is 92.2 Å². The zero-order chi connectivity index (χ0) is 22.1. The van der Waals surface area contributed by atoms with Crippen LogP contribution in [-0.2, 0) is 16.8 Å². The van der Waals surface area contributed by atoms with E-state index in [4.69, 9.17) is 4.74 Å². The SMILES string of the molecule is C1=CCC2=CCC3=C(C=CCC3)C(CCCN3CCC4(CC3)OCCc3ccccc34)C2=C1. The molecule has 3 aliphatic carbocycles. The van der Waals surface area contributed by atoms with E-state index in [1.165, 1.54) is 43.4 Å². The number of piperidine rings is 1. The van der Waals surface area contributed by atoms with Crippen molar-refractivity contribution < 1.29 is 4.74 Å². The van der Waals surface area contributed by atoms with Crippen molar-refractivity contribution in [2.75, 3.05) is 26.2 Å². The summed E-state index contributed by atoms with van der Waals surface area (Å²) in [6.07, 6.45) is 25.0. The number of hydrogen-bond donors (Lipinski definition) is 0.